The second-order valence-corrected chi connectivity index (χ2v) is 6.95. The number of piperidine rings is 1. The van der Waals surface area contributed by atoms with E-state index >= 15 is 0 Å². The lowest BCUT2D eigenvalue weighted by molar-refractivity contribution is -0.142. The van der Waals surface area contributed by atoms with Gasteiger partial charge in [0.15, 0.2) is 0 Å². The molecule has 0 amide bonds. The molecule has 106 valence electrons. The van der Waals surface area contributed by atoms with Crippen molar-refractivity contribution in [2.75, 3.05) is 20.2 Å². The molecule has 1 saturated heterocycles. The first kappa shape index (κ1) is 14.3. The third-order valence-electron chi connectivity index (χ3n) is 4.87. The number of rotatable bonds is 4. The molecule has 1 heterocycles. The van der Waals surface area contributed by atoms with Crippen molar-refractivity contribution in [3.63, 3.8) is 0 Å². The summed E-state index contributed by atoms with van der Waals surface area (Å²) in [6.07, 6.45) is 4.31. The van der Waals surface area contributed by atoms with Crippen LogP contribution in [-0.2, 0) is 4.74 Å². The highest BCUT2D eigenvalue weighted by Crippen LogP contribution is 2.46. The Morgan fingerprint density at radius 1 is 1.33 bits per heavy atom. The third kappa shape index (κ3) is 2.73. The maximum Gasteiger partial charge on any atom is 0.0652 e. The zero-order chi connectivity index (χ0) is 13.3. The van der Waals surface area contributed by atoms with Crippen molar-refractivity contribution in [1.82, 2.24) is 10.2 Å². The summed E-state index contributed by atoms with van der Waals surface area (Å²) in [6, 6.07) is 1.98. The van der Waals surface area contributed by atoms with E-state index in [0.29, 0.717) is 29.6 Å². The molecular weight excluding hydrogens is 224 g/mol. The Morgan fingerprint density at radius 2 is 2.06 bits per heavy atom. The standard InChI is InChI=1S/C15H30N2O/c1-11(2)16-12-7-6-8-17(10-12)13-9-14(18-5)15(13,3)4/h11-14,16H,6-10H2,1-5H3. The zero-order valence-electron chi connectivity index (χ0n) is 12.7. The Labute approximate surface area is 112 Å². The van der Waals surface area contributed by atoms with Crippen LogP contribution in [0.5, 0.6) is 0 Å². The van der Waals surface area contributed by atoms with Gasteiger partial charge in [-0.25, -0.2) is 0 Å². The summed E-state index contributed by atoms with van der Waals surface area (Å²) in [4.78, 5) is 2.69. The molecule has 0 bridgehead atoms. The van der Waals surface area contributed by atoms with E-state index in [1.54, 1.807) is 0 Å². The molecule has 2 aliphatic rings. The minimum Gasteiger partial charge on any atom is -0.381 e. The molecule has 2 rings (SSSR count). The van der Waals surface area contributed by atoms with Gasteiger partial charge in [-0.1, -0.05) is 27.7 Å². The lowest BCUT2D eigenvalue weighted by Crippen LogP contribution is -2.64. The molecule has 3 atom stereocenters. The topological polar surface area (TPSA) is 24.5 Å². The van der Waals surface area contributed by atoms with Crippen molar-refractivity contribution in [2.45, 2.75) is 71.2 Å². The molecule has 1 N–H and O–H groups in total. The second kappa shape index (κ2) is 5.48. The van der Waals surface area contributed by atoms with Crippen LogP contribution >= 0.6 is 0 Å². The van der Waals surface area contributed by atoms with Gasteiger partial charge in [0.25, 0.3) is 0 Å². The molecule has 0 aromatic carbocycles. The molecule has 0 aromatic heterocycles. The van der Waals surface area contributed by atoms with Crippen LogP contribution in [0.4, 0.5) is 0 Å². The summed E-state index contributed by atoms with van der Waals surface area (Å²) < 4.78 is 5.57. The van der Waals surface area contributed by atoms with Gasteiger partial charge in [0.1, 0.15) is 0 Å². The normalized spacial score (nSPS) is 36.7. The second-order valence-electron chi connectivity index (χ2n) is 6.95. The van der Waals surface area contributed by atoms with Gasteiger partial charge in [-0.3, -0.25) is 4.90 Å². The smallest absolute Gasteiger partial charge is 0.0652 e. The lowest BCUT2D eigenvalue weighted by Gasteiger charge is -2.57. The minimum absolute atomic E-state index is 0.314. The van der Waals surface area contributed by atoms with Crippen molar-refractivity contribution in [2.24, 2.45) is 5.41 Å². The van der Waals surface area contributed by atoms with Gasteiger partial charge in [-0.15, -0.1) is 0 Å². The first-order valence-corrected chi connectivity index (χ1v) is 7.48. The summed E-state index contributed by atoms with van der Waals surface area (Å²) in [5.74, 6) is 0. The van der Waals surface area contributed by atoms with Gasteiger partial charge >= 0.3 is 0 Å². The average Bonchev–Trinajstić information content (AvgIpc) is 2.28. The van der Waals surface area contributed by atoms with Crippen molar-refractivity contribution in [3.8, 4) is 0 Å². The number of hydrogen-bond donors (Lipinski definition) is 1. The van der Waals surface area contributed by atoms with E-state index in [9.17, 15) is 0 Å². The van der Waals surface area contributed by atoms with Crippen LogP contribution in [0.25, 0.3) is 0 Å². The van der Waals surface area contributed by atoms with Crippen LogP contribution in [0.2, 0.25) is 0 Å². The van der Waals surface area contributed by atoms with E-state index in [0.717, 1.165) is 0 Å². The summed E-state index contributed by atoms with van der Waals surface area (Å²) in [6.45, 7) is 11.7. The van der Waals surface area contributed by atoms with Crippen LogP contribution < -0.4 is 5.32 Å². The minimum atomic E-state index is 0.314. The van der Waals surface area contributed by atoms with Gasteiger partial charge in [0, 0.05) is 37.2 Å². The van der Waals surface area contributed by atoms with Gasteiger partial charge in [0.05, 0.1) is 6.10 Å². The van der Waals surface area contributed by atoms with E-state index in [-0.39, 0.29) is 0 Å². The van der Waals surface area contributed by atoms with Crippen LogP contribution in [-0.4, -0.2) is 49.3 Å². The SMILES string of the molecule is COC1CC(N2CCCC(NC(C)C)C2)C1(C)C. The highest BCUT2D eigenvalue weighted by molar-refractivity contribution is 5.04. The molecule has 0 aromatic rings. The number of nitrogens with one attached hydrogen (secondary N) is 1. The Morgan fingerprint density at radius 3 is 2.61 bits per heavy atom. The van der Waals surface area contributed by atoms with Crippen LogP contribution in [0, 0.1) is 5.41 Å². The van der Waals surface area contributed by atoms with Gasteiger partial charge < -0.3 is 10.1 Å². The van der Waals surface area contributed by atoms with Crippen molar-refractivity contribution >= 4 is 0 Å². The van der Waals surface area contributed by atoms with E-state index < -0.39 is 0 Å². The summed E-state index contributed by atoms with van der Waals surface area (Å²) in [5.41, 5.74) is 0.314. The Hall–Kier alpha value is -0.120. The van der Waals surface area contributed by atoms with Gasteiger partial charge in [-0.05, 0) is 25.8 Å². The largest absolute Gasteiger partial charge is 0.381 e. The number of methoxy groups -OCH3 is 1. The van der Waals surface area contributed by atoms with Crippen molar-refractivity contribution in [3.05, 3.63) is 0 Å². The zero-order valence-corrected chi connectivity index (χ0v) is 12.7. The van der Waals surface area contributed by atoms with Crippen LogP contribution in [0.3, 0.4) is 0 Å². The third-order valence-corrected chi connectivity index (χ3v) is 4.87. The number of ether oxygens (including phenoxy) is 1. The van der Waals surface area contributed by atoms with Crippen LogP contribution in [0.15, 0.2) is 0 Å². The molecule has 18 heavy (non-hydrogen) atoms. The number of likely N-dealkylation sites (tertiary alicyclic amines) is 1. The quantitative estimate of drug-likeness (QED) is 0.833. The van der Waals surface area contributed by atoms with Crippen LogP contribution in [0.1, 0.15) is 47.0 Å². The Bertz CT molecular complexity index is 278. The average molecular weight is 254 g/mol. The van der Waals surface area contributed by atoms with Gasteiger partial charge in [-0.2, -0.15) is 0 Å². The van der Waals surface area contributed by atoms with E-state index in [4.69, 9.17) is 4.74 Å². The van der Waals surface area contributed by atoms with Crippen molar-refractivity contribution < 1.29 is 4.74 Å². The lowest BCUT2D eigenvalue weighted by atomic mass is 9.63. The summed E-state index contributed by atoms with van der Waals surface area (Å²) >= 11 is 0. The van der Waals surface area contributed by atoms with Crippen molar-refractivity contribution in [1.29, 1.82) is 0 Å². The molecule has 3 heteroatoms. The molecule has 3 unspecified atom stereocenters. The molecule has 3 nitrogen and oxygen atoms in total. The fraction of sp³-hybridized carbons (Fsp3) is 1.00. The first-order valence-electron chi connectivity index (χ1n) is 7.48. The first-order chi connectivity index (χ1) is 8.45. The van der Waals surface area contributed by atoms with Gasteiger partial charge in [0.2, 0.25) is 0 Å². The fourth-order valence-corrected chi connectivity index (χ4v) is 3.78. The molecule has 1 aliphatic heterocycles. The van der Waals surface area contributed by atoms with E-state index in [2.05, 4.69) is 37.9 Å². The maximum absolute atomic E-state index is 5.57. The van der Waals surface area contributed by atoms with E-state index in [1.165, 1.54) is 32.4 Å². The maximum atomic E-state index is 5.57. The highest BCUT2D eigenvalue weighted by Gasteiger charge is 2.51. The molecule has 0 radical (unpaired) electrons. The summed E-state index contributed by atoms with van der Waals surface area (Å²) in [5, 5.41) is 3.69. The predicted molar refractivity (Wildman–Crippen MR) is 75.8 cm³/mol. The number of nitrogens with zero attached hydrogens (tertiary/aromatic N) is 1. The predicted octanol–water partition coefficient (Wildman–Crippen LogP) is 2.26. The molecule has 0 spiro atoms. The van der Waals surface area contributed by atoms with E-state index in [1.807, 2.05) is 7.11 Å². The highest BCUT2D eigenvalue weighted by atomic mass is 16.5. The molecule has 2 fully saturated rings. The Kier molecular flexibility index (Phi) is 4.35. The molecular formula is C15H30N2O. The monoisotopic (exact) mass is 254 g/mol. The molecule has 1 saturated carbocycles. The Balaban J connectivity index is 1.90. The summed E-state index contributed by atoms with van der Waals surface area (Å²) in [7, 11) is 1.85. The fourth-order valence-electron chi connectivity index (χ4n) is 3.78. The number of hydrogen-bond acceptors (Lipinski definition) is 3. The molecule has 1 aliphatic carbocycles.